The Kier molecular flexibility index (Phi) is 6.01. The molecule has 1 N–H and O–H groups in total. The van der Waals surface area contributed by atoms with Crippen LogP contribution in [0.4, 0.5) is 0 Å². The molecule has 1 unspecified atom stereocenters. The van der Waals surface area contributed by atoms with Crippen LogP contribution in [0.5, 0.6) is 0 Å². The zero-order chi connectivity index (χ0) is 20.1. The van der Waals surface area contributed by atoms with Crippen LogP contribution >= 0.6 is 11.8 Å². The molecule has 3 aromatic carbocycles. The number of aliphatic hydroxyl groups is 1. The van der Waals surface area contributed by atoms with Crippen molar-refractivity contribution in [2.75, 3.05) is 5.75 Å². The van der Waals surface area contributed by atoms with Gasteiger partial charge in [0.05, 0.1) is 0 Å². The molecule has 29 heavy (non-hydrogen) atoms. The molecule has 0 saturated carbocycles. The summed E-state index contributed by atoms with van der Waals surface area (Å²) in [5.41, 5.74) is 4.34. The van der Waals surface area contributed by atoms with Gasteiger partial charge in [-0.05, 0) is 28.7 Å². The maximum Gasteiger partial charge on any atom is 0.348 e. The Morgan fingerprint density at radius 2 is 1.48 bits per heavy atom. The summed E-state index contributed by atoms with van der Waals surface area (Å²) < 4.78 is 5.63. The average molecular weight is 403 g/mol. The second kappa shape index (κ2) is 9.01. The van der Waals surface area contributed by atoms with E-state index in [2.05, 4.69) is 24.3 Å². The molecule has 1 aliphatic heterocycles. The number of rotatable bonds is 6. The van der Waals surface area contributed by atoms with Gasteiger partial charge in [-0.15, -0.1) is 11.8 Å². The third kappa shape index (κ3) is 4.72. The Bertz CT molecular complexity index is 995. The van der Waals surface area contributed by atoms with Crippen molar-refractivity contribution < 1.29 is 14.6 Å². The maximum atomic E-state index is 12.5. The van der Waals surface area contributed by atoms with Gasteiger partial charge in [0.25, 0.3) is 0 Å². The molecule has 1 heterocycles. The lowest BCUT2D eigenvalue weighted by atomic mass is 9.99. The lowest BCUT2D eigenvalue weighted by Gasteiger charge is -2.24. The van der Waals surface area contributed by atoms with Crippen LogP contribution in [0.2, 0.25) is 0 Å². The van der Waals surface area contributed by atoms with Crippen LogP contribution in [0, 0.1) is 0 Å². The van der Waals surface area contributed by atoms with E-state index in [0.29, 0.717) is 11.3 Å². The third-order valence-electron chi connectivity index (χ3n) is 4.95. The number of benzene rings is 3. The van der Waals surface area contributed by atoms with Crippen molar-refractivity contribution >= 4 is 17.7 Å². The molecule has 3 nitrogen and oxygen atoms in total. The lowest BCUT2D eigenvalue weighted by molar-refractivity contribution is -0.146. The summed E-state index contributed by atoms with van der Waals surface area (Å²) in [5.74, 6) is 0.398. The first kappa shape index (κ1) is 19.3. The molecule has 4 heteroatoms. The minimum absolute atomic E-state index is 0.122. The highest BCUT2D eigenvalue weighted by Crippen LogP contribution is 2.36. The van der Waals surface area contributed by atoms with Crippen molar-refractivity contribution in [2.45, 2.75) is 18.9 Å². The fourth-order valence-electron chi connectivity index (χ4n) is 3.38. The van der Waals surface area contributed by atoms with Crippen LogP contribution in [0.3, 0.4) is 0 Å². The molecular formula is C25H22O3S. The highest BCUT2D eigenvalue weighted by Gasteiger charge is 2.30. The molecule has 0 aromatic heterocycles. The molecule has 1 aliphatic rings. The van der Waals surface area contributed by atoms with Gasteiger partial charge in [0, 0.05) is 12.2 Å². The van der Waals surface area contributed by atoms with Crippen molar-refractivity contribution in [3.63, 3.8) is 0 Å². The zero-order valence-corrected chi connectivity index (χ0v) is 16.8. The first-order valence-electron chi connectivity index (χ1n) is 9.66. The number of ether oxygens (including phenoxy) is 1. The molecule has 0 aliphatic carbocycles. The second-order valence-corrected chi connectivity index (χ2v) is 8.05. The van der Waals surface area contributed by atoms with Crippen molar-refractivity contribution in [1.82, 2.24) is 0 Å². The Labute approximate surface area is 175 Å². The number of hydrogen-bond acceptors (Lipinski definition) is 4. The first-order valence-corrected chi connectivity index (χ1v) is 10.6. The van der Waals surface area contributed by atoms with E-state index in [0.717, 1.165) is 28.9 Å². The summed E-state index contributed by atoms with van der Waals surface area (Å²) >= 11 is 1.36. The predicted molar refractivity (Wildman–Crippen MR) is 118 cm³/mol. The van der Waals surface area contributed by atoms with Crippen molar-refractivity contribution in [3.05, 3.63) is 107 Å². The van der Waals surface area contributed by atoms with E-state index in [-0.39, 0.29) is 5.76 Å². The van der Waals surface area contributed by atoms with Gasteiger partial charge in [-0.3, -0.25) is 0 Å². The van der Waals surface area contributed by atoms with Crippen molar-refractivity contribution in [2.24, 2.45) is 0 Å². The molecule has 0 amide bonds. The maximum absolute atomic E-state index is 12.5. The van der Waals surface area contributed by atoms with E-state index in [1.165, 1.54) is 17.3 Å². The molecule has 0 radical (unpaired) electrons. The SMILES string of the molecule is O=C1OC(c2ccc(-c3ccccc3)cc2)CC(O)=C1SCCc1ccccc1. The molecule has 0 fully saturated rings. The molecule has 0 bridgehead atoms. The normalized spacial score (nSPS) is 16.6. The Morgan fingerprint density at radius 3 is 2.14 bits per heavy atom. The quantitative estimate of drug-likeness (QED) is 0.507. The second-order valence-electron chi connectivity index (χ2n) is 6.95. The number of esters is 1. The summed E-state index contributed by atoms with van der Waals surface area (Å²) in [4.78, 5) is 12.8. The molecular weight excluding hydrogens is 380 g/mol. The zero-order valence-electron chi connectivity index (χ0n) is 16.0. The minimum Gasteiger partial charge on any atom is -0.511 e. The number of hydrogen-bond donors (Lipinski definition) is 1. The van der Waals surface area contributed by atoms with Crippen LogP contribution in [0.25, 0.3) is 11.1 Å². The third-order valence-corrected chi connectivity index (χ3v) is 6.04. The first-order chi connectivity index (χ1) is 14.2. The van der Waals surface area contributed by atoms with E-state index in [9.17, 15) is 9.90 Å². The van der Waals surface area contributed by atoms with Gasteiger partial charge < -0.3 is 9.84 Å². The van der Waals surface area contributed by atoms with E-state index in [1.54, 1.807) is 0 Å². The molecule has 146 valence electrons. The molecule has 0 saturated heterocycles. The minimum atomic E-state index is -0.453. The van der Waals surface area contributed by atoms with Crippen LogP contribution in [-0.2, 0) is 16.0 Å². The van der Waals surface area contributed by atoms with Crippen molar-refractivity contribution in [1.29, 1.82) is 0 Å². The van der Waals surface area contributed by atoms with Gasteiger partial charge >= 0.3 is 5.97 Å². The highest BCUT2D eigenvalue weighted by molar-refractivity contribution is 8.04. The fourth-order valence-corrected chi connectivity index (χ4v) is 4.33. The molecule has 4 rings (SSSR count). The van der Waals surface area contributed by atoms with Gasteiger partial charge in [-0.1, -0.05) is 84.9 Å². The van der Waals surface area contributed by atoms with Crippen LogP contribution in [0.1, 0.15) is 23.7 Å². The molecule has 1 atom stereocenters. The van der Waals surface area contributed by atoms with E-state index >= 15 is 0 Å². The topological polar surface area (TPSA) is 46.5 Å². The summed E-state index contributed by atoms with van der Waals surface area (Å²) in [6.45, 7) is 0. The van der Waals surface area contributed by atoms with E-state index in [4.69, 9.17) is 4.74 Å². The largest absolute Gasteiger partial charge is 0.511 e. The summed E-state index contributed by atoms with van der Waals surface area (Å²) in [6, 6.07) is 28.2. The van der Waals surface area contributed by atoms with E-state index < -0.39 is 12.1 Å². The van der Waals surface area contributed by atoms with Gasteiger partial charge in [0.1, 0.15) is 16.8 Å². The predicted octanol–water partition coefficient (Wildman–Crippen LogP) is 6.09. The Morgan fingerprint density at radius 1 is 0.862 bits per heavy atom. The number of thioether (sulfide) groups is 1. The van der Waals surface area contributed by atoms with Crippen LogP contribution in [0.15, 0.2) is 95.6 Å². The monoisotopic (exact) mass is 402 g/mol. The number of aryl methyl sites for hydroxylation is 1. The van der Waals surface area contributed by atoms with Gasteiger partial charge in [-0.2, -0.15) is 0 Å². The smallest absolute Gasteiger partial charge is 0.348 e. The average Bonchev–Trinajstić information content (AvgIpc) is 2.77. The van der Waals surface area contributed by atoms with Gasteiger partial charge in [0.2, 0.25) is 0 Å². The number of aliphatic hydroxyl groups excluding tert-OH is 1. The lowest BCUT2D eigenvalue weighted by Crippen LogP contribution is -2.20. The molecule has 3 aromatic rings. The van der Waals surface area contributed by atoms with Crippen LogP contribution < -0.4 is 0 Å². The summed E-state index contributed by atoms with van der Waals surface area (Å²) in [5, 5.41) is 10.5. The van der Waals surface area contributed by atoms with Crippen LogP contribution in [-0.4, -0.2) is 16.8 Å². The fraction of sp³-hybridized carbons (Fsp3) is 0.160. The summed E-state index contributed by atoms with van der Waals surface area (Å²) in [7, 11) is 0. The highest BCUT2D eigenvalue weighted by atomic mass is 32.2. The Hall–Kier alpha value is -2.98. The van der Waals surface area contributed by atoms with E-state index in [1.807, 2.05) is 60.7 Å². The Balaban J connectivity index is 1.40. The van der Waals surface area contributed by atoms with Crippen molar-refractivity contribution in [3.8, 4) is 11.1 Å². The van der Waals surface area contributed by atoms with Gasteiger partial charge in [0.15, 0.2) is 0 Å². The number of carbonyl (C=O) groups is 1. The number of cyclic esters (lactones) is 1. The standard InChI is InChI=1S/C25H22O3S/c26-22-17-23(21-13-11-20(12-14-21)19-9-5-2-6-10-19)28-25(27)24(22)29-16-15-18-7-3-1-4-8-18/h1-14,23,26H,15-17H2. The number of carbonyl (C=O) groups excluding carboxylic acids is 1. The summed E-state index contributed by atoms with van der Waals surface area (Å²) in [6.07, 6.45) is 0.690. The van der Waals surface area contributed by atoms with Gasteiger partial charge in [-0.25, -0.2) is 4.79 Å². The molecule has 0 spiro atoms.